The van der Waals surface area contributed by atoms with E-state index in [0.29, 0.717) is 12.2 Å². The van der Waals surface area contributed by atoms with E-state index >= 15 is 0 Å². The molecule has 0 heterocycles. The molecule has 0 saturated heterocycles. The van der Waals surface area contributed by atoms with Crippen LogP contribution in [0.3, 0.4) is 0 Å². The average Bonchev–Trinajstić information content (AvgIpc) is 2.18. The predicted octanol–water partition coefficient (Wildman–Crippen LogP) is 3.59. The van der Waals surface area contributed by atoms with Crippen molar-refractivity contribution >= 4 is 5.97 Å². The standard InChI is InChI=1S/C14H20O2/c1-5-13(15)16-12-8-6-11(7-9-12)10-14(2,3)4/h6-9H,5,10H2,1-4H3. The van der Waals surface area contributed by atoms with Crippen LogP contribution in [0.5, 0.6) is 5.75 Å². The van der Waals surface area contributed by atoms with Crippen LogP contribution in [0.25, 0.3) is 0 Å². The second kappa shape index (κ2) is 5.15. The molecule has 0 fully saturated rings. The van der Waals surface area contributed by atoms with Gasteiger partial charge < -0.3 is 4.74 Å². The van der Waals surface area contributed by atoms with Crippen molar-refractivity contribution in [1.29, 1.82) is 0 Å². The third-order valence-corrected chi connectivity index (χ3v) is 2.18. The molecule has 88 valence electrons. The van der Waals surface area contributed by atoms with E-state index in [-0.39, 0.29) is 11.4 Å². The van der Waals surface area contributed by atoms with Gasteiger partial charge in [0.2, 0.25) is 0 Å². The molecule has 1 aromatic rings. The fraction of sp³-hybridized carbons (Fsp3) is 0.500. The summed E-state index contributed by atoms with van der Waals surface area (Å²) in [7, 11) is 0. The second-order valence-corrected chi connectivity index (χ2v) is 5.21. The molecule has 0 spiro atoms. The van der Waals surface area contributed by atoms with Gasteiger partial charge in [-0.1, -0.05) is 39.8 Å². The maximum absolute atomic E-state index is 11.1. The third-order valence-electron chi connectivity index (χ3n) is 2.18. The summed E-state index contributed by atoms with van der Waals surface area (Å²) in [6.45, 7) is 8.41. The zero-order valence-corrected chi connectivity index (χ0v) is 10.5. The Morgan fingerprint density at radius 3 is 2.19 bits per heavy atom. The average molecular weight is 220 g/mol. The minimum absolute atomic E-state index is 0.191. The zero-order chi connectivity index (χ0) is 12.2. The van der Waals surface area contributed by atoms with Gasteiger partial charge in [-0.2, -0.15) is 0 Å². The summed E-state index contributed by atoms with van der Waals surface area (Å²) in [5, 5.41) is 0. The number of esters is 1. The maximum Gasteiger partial charge on any atom is 0.310 e. The topological polar surface area (TPSA) is 26.3 Å². The fourth-order valence-electron chi connectivity index (χ4n) is 1.49. The first-order valence-corrected chi connectivity index (χ1v) is 5.70. The first-order valence-electron chi connectivity index (χ1n) is 5.70. The number of rotatable bonds is 3. The number of hydrogen-bond donors (Lipinski definition) is 0. The summed E-state index contributed by atoms with van der Waals surface area (Å²) in [4.78, 5) is 11.1. The minimum atomic E-state index is -0.191. The van der Waals surface area contributed by atoms with E-state index in [4.69, 9.17) is 4.74 Å². The van der Waals surface area contributed by atoms with Gasteiger partial charge in [0.1, 0.15) is 5.75 Å². The van der Waals surface area contributed by atoms with Crippen molar-refractivity contribution in [3.05, 3.63) is 29.8 Å². The van der Waals surface area contributed by atoms with Crippen molar-refractivity contribution < 1.29 is 9.53 Å². The second-order valence-electron chi connectivity index (χ2n) is 5.21. The van der Waals surface area contributed by atoms with E-state index in [9.17, 15) is 4.79 Å². The molecule has 0 aliphatic heterocycles. The quantitative estimate of drug-likeness (QED) is 0.574. The van der Waals surface area contributed by atoms with Gasteiger partial charge in [-0.3, -0.25) is 4.79 Å². The van der Waals surface area contributed by atoms with Crippen molar-refractivity contribution in [2.24, 2.45) is 5.41 Å². The molecular formula is C14H20O2. The van der Waals surface area contributed by atoms with E-state index in [0.717, 1.165) is 6.42 Å². The van der Waals surface area contributed by atoms with Gasteiger partial charge in [0.15, 0.2) is 0 Å². The van der Waals surface area contributed by atoms with Crippen molar-refractivity contribution in [2.45, 2.75) is 40.5 Å². The van der Waals surface area contributed by atoms with Gasteiger partial charge >= 0.3 is 5.97 Å². The fourth-order valence-corrected chi connectivity index (χ4v) is 1.49. The van der Waals surface area contributed by atoms with Gasteiger partial charge in [0.25, 0.3) is 0 Å². The van der Waals surface area contributed by atoms with Crippen LogP contribution in [-0.2, 0) is 11.2 Å². The lowest BCUT2D eigenvalue weighted by Crippen LogP contribution is -2.09. The summed E-state index contributed by atoms with van der Waals surface area (Å²) in [6, 6.07) is 7.75. The first kappa shape index (κ1) is 12.8. The molecule has 2 nitrogen and oxygen atoms in total. The number of hydrogen-bond acceptors (Lipinski definition) is 2. The molecule has 0 saturated carbocycles. The third kappa shape index (κ3) is 4.47. The Labute approximate surface area is 97.6 Å². The van der Waals surface area contributed by atoms with E-state index in [1.807, 2.05) is 24.3 Å². The summed E-state index contributed by atoms with van der Waals surface area (Å²) >= 11 is 0. The first-order chi connectivity index (χ1) is 7.40. The van der Waals surface area contributed by atoms with Crippen LogP contribution in [0.15, 0.2) is 24.3 Å². The van der Waals surface area contributed by atoms with Gasteiger partial charge in [-0.05, 0) is 29.5 Å². The molecule has 0 aromatic heterocycles. The Kier molecular flexibility index (Phi) is 4.11. The van der Waals surface area contributed by atoms with Crippen LogP contribution in [0.2, 0.25) is 0 Å². The molecule has 0 unspecified atom stereocenters. The molecule has 0 bridgehead atoms. The van der Waals surface area contributed by atoms with Crippen LogP contribution < -0.4 is 4.74 Å². The Morgan fingerprint density at radius 1 is 1.19 bits per heavy atom. The normalized spacial score (nSPS) is 11.2. The summed E-state index contributed by atoms with van der Waals surface area (Å²) in [5.74, 6) is 0.438. The van der Waals surface area contributed by atoms with Crippen molar-refractivity contribution in [3.63, 3.8) is 0 Å². The molecule has 1 rings (SSSR count). The lowest BCUT2D eigenvalue weighted by atomic mass is 9.88. The molecular weight excluding hydrogens is 200 g/mol. The Balaban J connectivity index is 2.64. The molecule has 1 aromatic carbocycles. The van der Waals surface area contributed by atoms with Crippen LogP contribution in [0, 0.1) is 5.41 Å². The van der Waals surface area contributed by atoms with Crippen LogP contribution >= 0.6 is 0 Å². The predicted molar refractivity (Wildman–Crippen MR) is 65.5 cm³/mol. The van der Waals surface area contributed by atoms with E-state index in [2.05, 4.69) is 20.8 Å². The number of carbonyl (C=O) groups is 1. The zero-order valence-electron chi connectivity index (χ0n) is 10.5. The van der Waals surface area contributed by atoms with Crippen molar-refractivity contribution in [2.75, 3.05) is 0 Å². The molecule has 0 amide bonds. The number of benzene rings is 1. The minimum Gasteiger partial charge on any atom is -0.427 e. The van der Waals surface area contributed by atoms with Crippen LogP contribution in [0.1, 0.15) is 39.7 Å². The van der Waals surface area contributed by atoms with E-state index in [1.54, 1.807) is 6.92 Å². The maximum atomic E-state index is 11.1. The summed E-state index contributed by atoms with van der Waals surface area (Å²) in [5.41, 5.74) is 1.55. The van der Waals surface area contributed by atoms with E-state index < -0.39 is 0 Å². The molecule has 0 aliphatic carbocycles. The SMILES string of the molecule is CCC(=O)Oc1ccc(CC(C)(C)C)cc1. The number of ether oxygens (including phenoxy) is 1. The Bertz CT molecular complexity index is 344. The molecule has 0 N–H and O–H groups in total. The smallest absolute Gasteiger partial charge is 0.310 e. The highest BCUT2D eigenvalue weighted by Gasteiger charge is 2.11. The lowest BCUT2D eigenvalue weighted by Gasteiger charge is -2.18. The highest BCUT2D eigenvalue weighted by atomic mass is 16.5. The largest absolute Gasteiger partial charge is 0.427 e. The summed E-state index contributed by atoms with van der Waals surface area (Å²) < 4.78 is 5.11. The monoisotopic (exact) mass is 220 g/mol. The van der Waals surface area contributed by atoms with Crippen molar-refractivity contribution in [3.8, 4) is 5.75 Å². The Hall–Kier alpha value is -1.31. The van der Waals surface area contributed by atoms with Crippen LogP contribution in [-0.4, -0.2) is 5.97 Å². The molecule has 0 radical (unpaired) electrons. The molecule has 0 atom stereocenters. The molecule has 16 heavy (non-hydrogen) atoms. The molecule has 0 aliphatic rings. The summed E-state index contributed by atoms with van der Waals surface area (Å²) in [6.07, 6.45) is 1.43. The molecule has 2 heteroatoms. The lowest BCUT2D eigenvalue weighted by molar-refractivity contribution is -0.134. The van der Waals surface area contributed by atoms with Crippen molar-refractivity contribution in [1.82, 2.24) is 0 Å². The van der Waals surface area contributed by atoms with Gasteiger partial charge in [0, 0.05) is 6.42 Å². The van der Waals surface area contributed by atoms with E-state index in [1.165, 1.54) is 5.56 Å². The van der Waals surface area contributed by atoms with Crippen LogP contribution in [0.4, 0.5) is 0 Å². The van der Waals surface area contributed by atoms with Gasteiger partial charge in [-0.15, -0.1) is 0 Å². The highest BCUT2D eigenvalue weighted by Crippen LogP contribution is 2.22. The van der Waals surface area contributed by atoms with Gasteiger partial charge in [-0.25, -0.2) is 0 Å². The van der Waals surface area contributed by atoms with Gasteiger partial charge in [0.05, 0.1) is 0 Å². The number of carbonyl (C=O) groups excluding carboxylic acids is 1. The highest BCUT2D eigenvalue weighted by molar-refractivity contribution is 5.71. The Morgan fingerprint density at radius 2 is 1.75 bits per heavy atom.